The normalized spacial score (nSPS) is 13.8. The summed E-state index contributed by atoms with van der Waals surface area (Å²) < 4.78 is 43.3. The van der Waals surface area contributed by atoms with Crippen LogP contribution in [0.4, 0.5) is 18.9 Å². The Kier molecular flexibility index (Phi) is 10.5. The first kappa shape index (κ1) is 29.0. The van der Waals surface area contributed by atoms with Crippen LogP contribution in [-0.2, 0) is 20.7 Å². The van der Waals surface area contributed by atoms with Gasteiger partial charge in [0.1, 0.15) is 12.4 Å². The van der Waals surface area contributed by atoms with E-state index in [9.17, 15) is 18.0 Å². The first-order valence-electron chi connectivity index (χ1n) is 11.5. The van der Waals surface area contributed by atoms with Crippen LogP contribution in [0.5, 0.6) is 5.75 Å². The summed E-state index contributed by atoms with van der Waals surface area (Å²) in [5.74, 6) is -2.19. The van der Waals surface area contributed by atoms with E-state index in [1.54, 1.807) is 12.3 Å². The molecule has 1 aliphatic rings. The van der Waals surface area contributed by atoms with Gasteiger partial charge in [0.2, 0.25) is 5.91 Å². The van der Waals surface area contributed by atoms with Crippen LogP contribution in [-0.4, -0.2) is 77.7 Å². The fraction of sp³-hybridized carbons (Fsp3) is 0.320. The number of hydrogen-bond donors (Lipinski definition) is 3. The van der Waals surface area contributed by atoms with Gasteiger partial charge >= 0.3 is 12.1 Å². The first-order valence-corrected chi connectivity index (χ1v) is 11.9. The lowest BCUT2D eigenvalue weighted by Crippen LogP contribution is -2.38. The molecule has 13 heteroatoms. The minimum absolute atomic E-state index is 0.136. The number of halogens is 4. The molecule has 1 aromatic heterocycles. The zero-order valence-electron chi connectivity index (χ0n) is 20.1. The molecule has 38 heavy (non-hydrogen) atoms. The number of nitrogens with one attached hydrogen (secondary N) is 2. The molecule has 1 amide bonds. The van der Waals surface area contributed by atoms with Gasteiger partial charge < -0.3 is 19.9 Å². The highest BCUT2D eigenvalue weighted by atomic mass is 35.5. The fourth-order valence-corrected chi connectivity index (χ4v) is 3.69. The number of aromatic amines is 1. The van der Waals surface area contributed by atoms with E-state index in [2.05, 4.69) is 20.4 Å². The van der Waals surface area contributed by atoms with Crippen molar-refractivity contribution < 1.29 is 37.3 Å². The third-order valence-corrected chi connectivity index (χ3v) is 5.76. The second kappa shape index (κ2) is 13.8. The van der Waals surface area contributed by atoms with Gasteiger partial charge in [0.15, 0.2) is 0 Å². The Labute approximate surface area is 221 Å². The Morgan fingerprint density at radius 3 is 2.53 bits per heavy atom. The van der Waals surface area contributed by atoms with Crippen molar-refractivity contribution in [2.75, 3.05) is 44.8 Å². The first-order chi connectivity index (χ1) is 18.1. The zero-order valence-corrected chi connectivity index (χ0v) is 20.9. The molecule has 0 atom stereocenters. The number of aliphatic carboxylic acids is 1. The van der Waals surface area contributed by atoms with E-state index in [-0.39, 0.29) is 12.3 Å². The number of rotatable bonds is 8. The summed E-state index contributed by atoms with van der Waals surface area (Å²) in [5.41, 5.74) is 3.31. The van der Waals surface area contributed by atoms with Crippen LogP contribution in [0.2, 0.25) is 5.02 Å². The zero-order chi connectivity index (χ0) is 27.5. The van der Waals surface area contributed by atoms with Crippen LogP contribution in [0.3, 0.4) is 0 Å². The average Bonchev–Trinajstić information content (AvgIpc) is 3.41. The molecule has 1 aliphatic heterocycles. The third-order valence-electron chi connectivity index (χ3n) is 5.39. The number of morpholine rings is 1. The van der Waals surface area contributed by atoms with Gasteiger partial charge in [-0.3, -0.25) is 14.8 Å². The van der Waals surface area contributed by atoms with Crippen LogP contribution in [0.25, 0.3) is 11.1 Å². The number of ether oxygens (including phenoxy) is 2. The molecule has 0 radical (unpaired) electrons. The minimum atomic E-state index is -5.08. The molecule has 2 heterocycles. The molecule has 204 valence electrons. The van der Waals surface area contributed by atoms with Crippen LogP contribution in [0, 0.1) is 0 Å². The van der Waals surface area contributed by atoms with Gasteiger partial charge in [-0.15, -0.1) is 0 Å². The number of carbonyl (C=O) groups is 2. The highest BCUT2D eigenvalue weighted by molar-refractivity contribution is 6.31. The van der Waals surface area contributed by atoms with Gasteiger partial charge in [0, 0.05) is 53.7 Å². The lowest BCUT2D eigenvalue weighted by atomic mass is 10.1. The molecular formula is C25H26ClF3N4O5. The number of amides is 1. The van der Waals surface area contributed by atoms with Gasteiger partial charge in [-0.05, 0) is 23.8 Å². The molecule has 2 aromatic carbocycles. The maximum absolute atomic E-state index is 12.5. The number of anilines is 1. The van der Waals surface area contributed by atoms with Gasteiger partial charge in [-0.25, -0.2) is 4.79 Å². The molecule has 1 fully saturated rings. The third kappa shape index (κ3) is 9.05. The number of carbonyl (C=O) groups excluding carboxylic acids is 1. The van der Waals surface area contributed by atoms with Crippen molar-refractivity contribution in [3.8, 4) is 16.9 Å². The summed E-state index contributed by atoms with van der Waals surface area (Å²) in [6.07, 6.45) is -1.31. The van der Waals surface area contributed by atoms with E-state index >= 15 is 0 Å². The Morgan fingerprint density at radius 1 is 1.18 bits per heavy atom. The Balaban J connectivity index is 0.000000505. The number of carboxylic acids is 1. The second-order valence-corrected chi connectivity index (χ2v) is 8.53. The van der Waals surface area contributed by atoms with Crippen LogP contribution >= 0.6 is 11.6 Å². The molecular weight excluding hydrogens is 529 g/mol. The number of hydrogen-bond acceptors (Lipinski definition) is 6. The average molecular weight is 555 g/mol. The Morgan fingerprint density at radius 2 is 1.89 bits per heavy atom. The lowest BCUT2D eigenvalue weighted by Gasteiger charge is -2.26. The quantitative estimate of drug-likeness (QED) is 0.381. The van der Waals surface area contributed by atoms with E-state index in [1.165, 1.54) is 0 Å². The smallest absolute Gasteiger partial charge is 0.490 e. The molecule has 4 rings (SSSR count). The molecule has 3 aromatic rings. The minimum Gasteiger partial charge on any atom is -0.492 e. The number of aromatic nitrogens is 2. The van der Waals surface area contributed by atoms with Crippen LogP contribution < -0.4 is 10.1 Å². The molecule has 0 aliphatic carbocycles. The molecule has 0 saturated carbocycles. The number of carboxylic acid groups (broad SMARTS) is 1. The van der Waals surface area contributed by atoms with Gasteiger partial charge in [-0.1, -0.05) is 29.8 Å². The number of alkyl halides is 3. The maximum atomic E-state index is 12.5. The topological polar surface area (TPSA) is 117 Å². The van der Waals surface area contributed by atoms with Crippen LogP contribution in [0.15, 0.2) is 54.9 Å². The SMILES string of the molecule is O=C(Cc1ccccc1Cl)Nc1ccc(-c2cn[nH]c2)c(OCCN2CCOCC2)c1.O=C(O)C(F)(F)F. The monoisotopic (exact) mass is 554 g/mol. The van der Waals surface area contributed by atoms with Crippen LogP contribution in [0.1, 0.15) is 5.56 Å². The number of H-pyrrole nitrogens is 1. The molecule has 1 saturated heterocycles. The second-order valence-electron chi connectivity index (χ2n) is 8.12. The summed E-state index contributed by atoms with van der Waals surface area (Å²) in [5, 5.41) is 17.5. The van der Waals surface area contributed by atoms with Crippen molar-refractivity contribution in [1.29, 1.82) is 0 Å². The summed E-state index contributed by atoms with van der Waals surface area (Å²) >= 11 is 6.17. The molecule has 9 nitrogen and oxygen atoms in total. The number of nitrogens with zero attached hydrogens (tertiary/aromatic N) is 2. The fourth-order valence-electron chi connectivity index (χ4n) is 3.49. The van der Waals surface area contributed by atoms with Gasteiger partial charge in [0.25, 0.3) is 0 Å². The van der Waals surface area contributed by atoms with E-state index in [1.807, 2.05) is 42.6 Å². The Hall–Kier alpha value is -3.61. The predicted octanol–water partition coefficient (Wildman–Crippen LogP) is 4.26. The van der Waals surface area contributed by atoms with Crippen molar-refractivity contribution in [3.05, 3.63) is 65.4 Å². The summed E-state index contributed by atoms with van der Waals surface area (Å²) in [6.45, 7) is 4.70. The highest BCUT2D eigenvalue weighted by Crippen LogP contribution is 2.32. The van der Waals surface area contributed by atoms with Crippen molar-refractivity contribution in [3.63, 3.8) is 0 Å². The van der Waals surface area contributed by atoms with Crippen molar-refractivity contribution in [2.45, 2.75) is 12.6 Å². The summed E-state index contributed by atoms with van der Waals surface area (Å²) in [6, 6.07) is 13.0. The largest absolute Gasteiger partial charge is 0.492 e. The van der Waals surface area contributed by atoms with E-state index in [0.29, 0.717) is 23.1 Å². The molecule has 0 spiro atoms. The van der Waals surface area contributed by atoms with Gasteiger partial charge in [0.05, 0.1) is 25.8 Å². The predicted molar refractivity (Wildman–Crippen MR) is 134 cm³/mol. The summed E-state index contributed by atoms with van der Waals surface area (Å²) in [4.78, 5) is 23.7. The summed E-state index contributed by atoms with van der Waals surface area (Å²) in [7, 11) is 0. The highest BCUT2D eigenvalue weighted by Gasteiger charge is 2.38. The standard InChI is InChI=1S/C23H25ClN4O3.C2HF3O2/c24-21-4-2-1-3-17(21)13-23(29)27-19-5-6-20(18-15-25-26-16-18)22(14-19)31-12-9-28-7-10-30-11-8-28;3-2(4,5)1(6)7/h1-6,14-16H,7-13H2,(H,25,26)(H,27,29);(H,6,7). The molecule has 0 bridgehead atoms. The van der Waals surface area contributed by atoms with Crippen molar-refractivity contribution in [1.82, 2.24) is 15.1 Å². The molecule has 0 unspecified atom stereocenters. The number of benzene rings is 2. The van der Waals surface area contributed by atoms with Crippen molar-refractivity contribution in [2.24, 2.45) is 0 Å². The van der Waals surface area contributed by atoms with E-state index in [4.69, 9.17) is 31.0 Å². The Bertz CT molecular complexity index is 1200. The lowest BCUT2D eigenvalue weighted by molar-refractivity contribution is -0.192. The van der Waals surface area contributed by atoms with E-state index < -0.39 is 12.1 Å². The van der Waals surface area contributed by atoms with Gasteiger partial charge in [-0.2, -0.15) is 18.3 Å². The maximum Gasteiger partial charge on any atom is 0.490 e. The molecule has 3 N–H and O–H groups in total. The van der Waals surface area contributed by atoms with E-state index in [0.717, 1.165) is 49.5 Å². The van der Waals surface area contributed by atoms with Crippen molar-refractivity contribution >= 4 is 29.2 Å².